The highest BCUT2D eigenvalue weighted by atomic mass is 32.2. The first-order valence-electron chi connectivity index (χ1n) is 24.7. The van der Waals surface area contributed by atoms with Crippen molar-refractivity contribution in [3.05, 3.63) is 105 Å². The number of ether oxygens (including phenoxy) is 2. The lowest BCUT2D eigenvalue weighted by Gasteiger charge is -2.21. The molecule has 0 spiro atoms. The minimum atomic E-state index is -3.65. The summed E-state index contributed by atoms with van der Waals surface area (Å²) in [5.41, 5.74) is 10.5. The molecule has 6 aromatic rings. The van der Waals surface area contributed by atoms with Gasteiger partial charge in [0, 0.05) is 113 Å². The first kappa shape index (κ1) is 66.5. The number of anilines is 1. The smallest absolute Gasteiger partial charge is 0.294 e. The number of fused-ring (bicyclic) bond motifs is 2. The number of pyridine rings is 2. The van der Waals surface area contributed by atoms with E-state index in [2.05, 4.69) is 64.5 Å². The number of aromatic nitrogens is 6. The van der Waals surface area contributed by atoms with E-state index in [9.17, 15) is 35.6 Å². The highest BCUT2D eigenvalue weighted by Crippen LogP contribution is 2.27. The van der Waals surface area contributed by atoms with E-state index in [1.807, 2.05) is 0 Å². The number of aliphatic hydroxyl groups is 4. The average molecular weight is 1160 g/mol. The second kappa shape index (κ2) is 31.1. The molecule has 6 rings (SSSR count). The second-order valence-corrected chi connectivity index (χ2v) is 30.6. The van der Waals surface area contributed by atoms with Gasteiger partial charge in [0.05, 0.1) is 0 Å². The van der Waals surface area contributed by atoms with E-state index < -0.39 is 66.0 Å². The van der Waals surface area contributed by atoms with Gasteiger partial charge in [-0.3, -0.25) is 18.7 Å². The van der Waals surface area contributed by atoms with Crippen molar-refractivity contribution in [2.75, 3.05) is 51.2 Å². The molecule has 0 saturated carbocycles. The molecule has 0 aliphatic heterocycles. The van der Waals surface area contributed by atoms with E-state index in [0.717, 1.165) is 61.1 Å². The number of aryl methyl sites for hydroxylation is 2. The Morgan fingerprint density at radius 2 is 1.00 bits per heavy atom. The second-order valence-electron chi connectivity index (χ2n) is 19.7. The summed E-state index contributed by atoms with van der Waals surface area (Å²) in [6.45, 7) is 14.9. The molecule has 0 atom stereocenters. The molecule has 0 fully saturated rings. The van der Waals surface area contributed by atoms with Crippen LogP contribution in [0.3, 0.4) is 0 Å². The summed E-state index contributed by atoms with van der Waals surface area (Å²) in [6.07, 6.45) is 7.48. The molecule has 0 radical (unpaired) electrons. The maximum Gasteiger partial charge on any atom is 0.294 e. The van der Waals surface area contributed by atoms with E-state index in [0.29, 0.717) is 54.2 Å². The van der Waals surface area contributed by atoms with Crippen molar-refractivity contribution in [1.29, 1.82) is 0 Å². The third kappa shape index (κ3) is 22.5. The van der Waals surface area contributed by atoms with Crippen molar-refractivity contribution in [2.24, 2.45) is 25.6 Å². The fraction of sp³-hybridized carbons (Fsp3) is 0.480. The molecule has 4 heterocycles. The third-order valence-corrected chi connectivity index (χ3v) is 13.7. The number of sulfone groups is 1. The van der Waals surface area contributed by atoms with Gasteiger partial charge in [0.15, 0.2) is 51.3 Å². The number of halogens is 4. The van der Waals surface area contributed by atoms with Crippen LogP contribution in [-0.4, -0.2) is 139 Å². The van der Waals surface area contributed by atoms with Gasteiger partial charge in [-0.1, -0.05) is 0 Å². The molecule has 28 heteroatoms. The Balaban J connectivity index is 0.000000297. The number of benzene rings is 2. The van der Waals surface area contributed by atoms with Crippen LogP contribution < -0.4 is 37.4 Å². The van der Waals surface area contributed by atoms with Gasteiger partial charge in [0.25, 0.3) is 11.1 Å². The molecule has 0 bridgehead atoms. The molecular formula is C50H73F4N9O12SSi2. The van der Waals surface area contributed by atoms with Gasteiger partial charge in [-0.15, -0.1) is 0 Å². The van der Waals surface area contributed by atoms with E-state index in [4.69, 9.17) is 50.2 Å². The van der Waals surface area contributed by atoms with E-state index in [-0.39, 0.29) is 79.1 Å². The van der Waals surface area contributed by atoms with Gasteiger partial charge < -0.3 is 55.5 Å². The first-order chi connectivity index (χ1) is 36.5. The Hall–Kier alpha value is -5.80. The van der Waals surface area contributed by atoms with Crippen LogP contribution in [0.15, 0.2) is 75.7 Å². The van der Waals surface area contributed by atoms with Gasteiger partial charge in [0.1, 0.15) is 22.9 Å². The summed E-state index contributed by atoms with van der Waals surface area (Å²) < 4.78 is 101. The highest BCUT2D eigenvalue weighted by Gasteiger charge is 2.20. The SMILES string of the molecule is C[Si](C)(C)OCCC(N)CCO[Si](C)(C)C.Cn1c(=O)c(Oc2ccc(F)cc2F)cc2cnc(NC(CCO)CCO)nc21.Cn1c(=O)c(Oc2ccc(F)cc2F)cc2cnc(S(C)(=O)=O)nc21.NC(CCO)CCO. The van der Waals surface area contributed by atoms with E-state index in [1.54, 1.807) is 0 Å². The van der Waals surface area contributed by atoms with Gasteiger partial charge in [-0.2, -0.15) is 9.97 Å². The predicted octanol–water partition coefficient (Wildman–Crippen LogP) is 5.62. The Bertz CT molecular complexity index is 3080. The van der Waals surface area contributed by atoms with E-state index >= 15 is 0 Å². The largest absolute Gasteiger partial charge is 0.448 e. The molecule has 0 aliphatic carbocycles. The van der Waals surface area contributed by atoms with Gasteiger partial charge >= 0.3 is 0 Å². The summed E-state index contributed by atoms with van der Waals surface area (Å²) >= 11 is 0. The summed E-state index contributed by atoms with van der Waals surface area (Å²) in [7, 11) is -3.54. The molecule has 0 aliphatic rings. The number of hydrogen-bond acceptors (Lipinski definition) is 19. The first-order valence-corrected chi connectivity index (χ1v) is 33.4. The highest BCUT2D eigenvalue weighted by molar-refractivity contribution is 7.90. The minimum absolute atomic E-state index is 0.0370. The normalized spacial score (nSPS) is 11.8. The van der Waals surface area contributed by atoms with Crippen LogP contribution in [0.1, 0.15) is 38.5 Å². The summed E-state index contributed by atoms with van der Waals surface area (Å²) in [6, 6.07) is 8.04. The number of rotatable bonds is 23. The fourth-order valence-electron chi connectivity index (χ4n) is 6.60. The van der Waals surface area contributed by atoms with Crippen LogP contribution >= 0.6 is 0 Å². The summed E-state index contributed by atoms with van der Waals surface area (Å²) in [5.74, 6) is -4.20. The molecule has 432 valence electrons. The Morgan fingerprint density at radius 1 is 0.603 bits per heavy atom. The minimum Gasteiger partial charge on any atom is -0.448 e. The predicted molar refractivity (Wildman–Crippen MR) is 294 cm³/mol. The van der Waals surface area contributed by atoms with Gasteiger partial charge in [-0.05, 0) is 114 Å². The zero-order valence-electron chi connectivity index (χ0n) is 45.3. The quantitative estimate of drug-likeness (QED) is 0.0232. The van der Waals surface area contributed by atoms with Crippen LogP contribution in [-0.2, 0) is 32.8 Å². The average Bonchev–Trinajstić information content (AvgIpc) is 3.35. The van der Waals surface area contributed by atoms with Crippen LogP contribution in [0.25, 0.3) is 22.1 Å². The van der Waals surface area contributed by atoms with Crippen molar-refractivity contribution >= 4 is 54.5 Å². The van der Waals surface area contributed by atoms with Crippen molar-refractivity contribution in [2.45, 2.75) is 101 Å². The monoisotopic (exact) mass is 1160 g/mol. The molecule has 21 nitrogen and oxygen atoms in total. The molecule has 2 aromatic carbocycles. The maximum absolute atomic E-state index is 13.8. The zero-order chi connectivity index (χ0) is 58.5. The number of nitrogens with zero attached hydrogens (tertiary/aromatic N) is 6. The van der Waals surface area contributed by atoms with Crippen LogP contribution in [0, 0.1) is 23.3 Å². The molecule has 9 N–H and O–H groups in total. The molecular weight excluding hydrogens is 1080 g/mol. The molecule has 0 unspecified atom stereocenters. The Morgan fingerprint density at radius 3 is 1.38 bits per heavy atom. The van der Waals surface area contributed by atoms with Gasteiger partial charge in [-0.25, -0.2) is 35.9 Å². The number of hydrogen-bond donors (Lipinski definition) is 7. The Kier molecular flexibility index (Phi) is 26.5. The lowest BCUT2D eigenvalue weighted by molar-refractivity contribution is 0.242. The third-order valence-electron chi connectivity index (χ3n) is 10.7. The number of nitrogens with two attached hydrogens (primary N) is 2. The van der Waals surface area contributed by atoms with Crippen molar-refractivity contribution in [3.63, 3.8) is 0 Å². The van der Waals surface area contributed by atoms with Crippen molar-refractivity contribution < 1.29 is 64.7 Å². The zero-order valence-corrected chi connectivity index (χ0v) is 48.1. The van der Waals surface area contributed by atoms with Crippen LogP contribution in [0.2, 0.25) is 39.3 Å². The maximum atomic E-state index is 13.8. The van der Waals surface area contributed by atoms with Crippen molar-refractivity contribution in [3.8, 4) is 23.0 Å². The Labute approximate surface area is 452 Å². The molecule has 4 aromatic heterocycles. The topological polar surface area (TPSA) is 312 Å². The standard InChI is InChI=1S/C19H20F2N4O4.C15H11F2N3O4S.C11H29NO2Si2.C5H13NO2/c1-25-17-11(10-22-19(24-17)23-13(4-6-26)5-7-27)8-16(18(25)28)29-15-3-2-12(20)9-14(15)21;1-20-13-8(7-18-15(19-13)25(2,22)23)5-12(14(20)21)24-11-4-3-9(16)6-10(11)17;1-15(2,3)13-9-7-11(12)8-10-14-16(4,5)6;6-5(1-3-7)2-4-8/h2-3,8-10,13,26-27H,4-7H2,1H3,(H,22,23,24);3-7H,1-2H3;11H,7-10,12H2,1-6H3;5,7-8H,1-4,6H2. The lowest BCUT2D eigenvalue weighted by Crippen LogP contribution is -2.32. The lowest BCUT2D eigenvalue weighted by atomic mass is 10.1. The molecule has 0 saturated heterocycles. The fourth-order valence-corrected chi connectivity index (χ4v) is 8.56. The molecule has 0 amide bonds. The van der Waals surface area contributed by atoms with Crippen LogP contribution in [0.5, 0.6) is 23.0 Å². The number of nitrogens with one attached hydrogen (secondary N) is 1. The summed E-state index contributed by atoms with van der Waals surface area (Å²) in [4.78, 5) is 41.1. The summed E-state index contributed by atoms with van der Waals surface area (Å²) in [5, 5.41) is 38.2. The molecule has 78 heavy (non-hydrogen) atoms. The number of aliphatic hydroxyl groups excluding tert-OH is 4. The van der Waals surface area contributed by atoms with Crippen LogP contribution in [0.4, 0.5) is 23.5 Å². The van der Waals surface area contributed by atoms with Crippen molar-refractivity contribution in [1.82, 2.24) is 29.1 Å². The van der Waals surface area contributed by atoms with Gasteiger partial charge in [0.2, 0.25) is 20.9 Å². The van der Waals surface area contributed by atoms with E-state index in [1.165, 1.54) is 43.2 Å².